The van der Waals surface area contributed by atoms with Gasteiger partial charge in [0.2, 0.25) is 17.7 Å². The number of benzene rings is 7. The van der Waals surface area contributed by atoms with Crippen LogP contribution in [0.1, 0.15) is 369 Å². The molecule has 1 heterocycles. The largest absolute Gasteiger partial charge is 0.369 e. The van der Waals surface area contributed by atoms with Gasteiger partial charge in [-0.25, -0.2) is 0 Å². The molecule has 0 spiro atoms. The van der Waals surface area contributed by atoms with Crippen molar-refractivity contribution in [2.24, 2.45) is 11.7 Å². The molecular formula is C119H180N8O3. The zero-order chi connectivity index (χ0) is 92.7. The molecule has 11 heteroatoms. The van der Waals surface area contributed by atoms with Crippen LogP contribution in [0.25, 0.3) is 0 Å². The lowest BCUT2D eigenvalue weighted by Gasteiger charge is -2.32. The third-order valence-electron chi connectivity index (χ3n) is 32.8. The quantitative estimate of drug-likeness (QED) is 0.0216. The van der Waals surface area contributed by atoms with Crippen LogP contribution in [0.15, 0.2) is 170 Å². The number of likely N-dealkylation sites (N-methyl/N-ethyl adjacent to an activating group) is 1. The summed E-state index contributed by atoms with van der Waals surface area (Å²) >= 11 is 0. The number of likely N-dealkylation sites (tertiary alicyclic amines) is 1. The molecule has 0 atom stereocenters. The van der Waals surface area contributed by atoms with Gasteiger partial charge in [-0.3, -0.25) is 14.4 Å². The molecular weight excluding hydrogens is 1590 g/mol. The van der Waals surface area contributed by atoms with Gasteiger partial charge in [0.05, 0.1) is 13.1 Å². The molecule has 714 valence electrons. The molecule has 8 aliphatic carbocycles. The van der Waals surface area contributed by atoms with E-state index in [1.807, 2.05) is 0 Å². The van der Waals surface area contributed by atoms with E-state index in [0.29, 0.717) is 51.5 Å². The van der Waals surface area contributed by atoms with Crippen molar-refractivity contribution in [3.05, 3.63) is 248 Å². The molecule has 130 heavy (non-hydrogen) atoms. The number of nitrogens with two attached hydrogens (primary N) is 1. The molecule has 1 saturated heterocycles. The van der Waals surface area contributed by atoms with E-state index in [1.54, 1.807) is 36.3 Å². The summed E-state index contributed by atoms with van der Waals surface area (Å²) in [6.07, 6.45) is 54.7. The normalized spacial score (nSPS) is 19.2. The Hall–Kier alpha value is -7.25. The van der Waals surface area contributed by atoms with Gasteiger partial charge in [0.1, 0.15) is 0 Å². The summed E-state index contributed by atoms with van der Waals surface area (Å²) in [5.41, 5.74) is 27.9. The van der Waals surface area contributed by atoms with Crippen LogP contribution in [0.3, 0.4) is 0 Å². The molecule has 0 bridgehead atoms. The average molecular weight is 1770 g/mol. The molecule has 8 saturated carbocycles. The Morgan fingerprint density at radius 1 is 0.354 bits per heavy atom. The minimum atomic E-state index is -0.282. The standard InChI is InChI=1S/C18H27N.C18H29N.C18H26.C17H26N2O.C17H27N.C16H24N2O.C15H21NO/c1-16-6-8-17(9-7-16)18(10-2-3-11-18)12-15-19-13-4-5-14-19;1-4-19(5-2)15-14-18(12-6-7-13-18)17-10-8-16(3)9-11-17;1-15-6-10-17(11-7-15)18(12-2-3-13-18)14-4-5-16-8-9-16;1-14-5-7-15(8-6-14)17(9-3-4-10-17)11-12-19-13-16(20)18-2;1-14(2)18-13-12-17(10-4-5-11-17)16-8-6-15(3)7-9-16;1-13-4-6-14(7-5-13)16(8-2-3-9-16)10-11-18-12-15(17)19;1-12-5-7-13(8-6-12)15(9-3-4-10-15)11-14(17)16-2/h6-9H,2-5,10-15H2,1H3;8-11H,4-7,12-15H2,1-3H3;6-7,10-11,16H,2-5,8-9,12-14H2,1H3;5-8,19H,3-4,9-13H2,1-2H3,(H,18,20);6-9,14,18H,4-5,10-13H2,1-3H3;4-7,18H,2-3,8-12H2,1H3,(H2,17,19);5-8H,3-4,9-11H2,1-2H3,(H,16,17). The maximum absolute atomic E-state index is 11.7. The third-order valence-corrected chi connectivity index (χ3v) is 32.8. The monoisotopic (exact) mass is 1770 g/mol. The van der Waals surface area contributed by atoms with Gasteiger partial charge in [-0.2, -0.15) is 0 Å². The van der Waals surface area contributed by atoms with Crippen molar-refractivity contribution in [1.82, 2.24) is 36.4 Å². The van der Waals surface area contributed by atoms with Crippen LogP contribution < -0.4 is 32.3 Å². The molecule has 11 nitrogen and oxygen atoms in total. The fraction of sp³-hybridized carbons (Fsp3) is 0.622. The van der Waals surface area contributed by atoms with Crippen molar-refractivity contribution in [2.75, 3.05) is 86.1 Å². The minimum absolute atomic E-state index is 0.0563. The van der Waals surface area contributed by atoms with Crippen molar-refractivity contribution < 1.29 is 14.4 Å². The first-order chi connectivity index (χ1) is 62.8. The zero-order valence-electron chi connectivity index (χ0n) is 84.3. The molecule has 7 aromatic rings. The van der Waals surface area contributed by atoms with E-state index in [2.05, 4.69) is 282 Å². The van der Waals surface area contributed by atoms with E-state index >= 15 is 0 Å². The number of carbonyl (C=O) groups excluding carboxylic acids is 3. The summed E-state index contributed by atoms with van der Waals surface area (Å²) < 4.78 is 0. The predicted molar refractivity (Wildman–Crippen MR) is 553 cm³/mol. The first-order valence-corrected chi connectivity index (χ1v) is 52.6. The molecule has 0 radical (unpaired) electrons. The van der Waals surface area contributed by atoms with Gasteiger partial charge in [0.25, 0.3) is 0 Å². The number of rotatable bonds is 35. The number of carbonyl (C=O) groups is 3. The highest BCUT2D eigenvalue weighted by Crippen LogP contribution is 2.51. The highest BCUT2D eigenvalue weighted by atomic mass is 16.2. The fourth-order valence-electron chi connectivity index (χ4n) is 24.0. The van der Waals surface area contributed by atoms with Crippen LogP contribution in [0.4, 0.5) is 0 Å². The van der Waals surface area contributed by atoms with Gasteiger partial charge >= 0.3 is 0 Å². The number of nitrogens with zero attached hydrogens (tertiary/aromatic N) is 2. The van der Waals surface area contributed by atoms with Gasteiger partial charge in [0.15, 0.2) is 0 Å². The molecule has 3 amide bonds. The average Bonchev–Trinajstić information content (AvgIpc) is 1.65. The summed E-state index contributed by atoms with van der Waals surface area (Å²) in [6, 6.07) is 64.6. The Labute approximate surface area is 792 Å². The Bertz CT molecular complexity index is 4190. The maximum Gasteiger partial charge on any atom is 0.233 e. The number of hydrogen-bond acceptors (Lipinski definition) is 8. The summed E-state index contributed by atoms with van der Waals surface area (Å²) in [7, 11) is 3.40. The van der Waals surface area contributed by atoms with Crippen molar-refractivity contribution in [3.63, 3.8) is 0 Å². The number of hydrogen-bond donors (Lipinski definition) is 6. The van der Waals surface area contributed by atoms with Crippen LogP contribution in [0.5, 0.6) is 0 Å². The van der Waals surface area contributed by atoms with Gasteiger partial charge in [-0.1, -0.05) is 352 Å². The SMILES string of the molecule is CCN(CC)CCC1(c2ccc(C)cc2)CCCC1.CNC(=O)CC1(c2ccc(C)cc2)CCCC1.CNC(=O)CNCCC1(c2ccc(C)cc2)CCCC1.Cc1ccc(C2(CCCC3CC3)CCCC2)cc1.Cc1ccc(C2(CCN3CCCC3)CCCC2)cc1.Cc1ccc(C2(CCNC(C)C)CCCC2)cc1.Cc1ccc(C2(CCNCC(N)=O)CCCC2)cc1. The summed E-state index contributed by atoms with van der Waals surface area (Å²) in [5, 5.41) is 15.4. The second-order valence-electron chi connectivity index (χ2n) is 42.6. The Kier molecular flexibility index (Phi) is 42.9. The first kappa shape index (κ1) is 105. The second-order valence-corrected chi connectivity index (χ2v) is 42.6. The van der Waals surface area contributed by atoms with Crippen molar-refractivity contribution >= 4 is 17.7 Å². The molecule has 7 N–H and O–H groups in total. The van der Waals surface area contributed by atoms with Crippen LogP contribution >= 0.6 is 0 Å². The lowest BCUT2D eigenvalue weighted by atomic mass is 9.74. The smallest absolute Gasteiger partial charge is 0.233 e. The summed E-state index contributed by atoms with van der Waals surface area (Å²) in [6.45, 7) is 35.3. The molecule has 0 unspecified atom stereocenters. The number of amides is 3. The lowest BCUT2D eigenvalue weighted by molar-refractivity contribution is -0.122. The predicted octanol–water partition coefficient (Wildman–Crippen LogP) is 26.2. The summed E-state index contributed by atoms with van der Waals surface area (Å²) in [4.78, 5) is 38.9. The lowest BCUT2D eigenvalue weighted by Crippen LogP contribution is -2.34. The summed E-state index contributed by atoms with van der Waals surface area (Å²) in [5.74, 6) is 1.03. The highest BCUT2D eigenvalue weighted by Gasteiger charge is 2.42. The topological polar surface area (TPSA) is 144 Å². The first-order valence-electron chi connectivity index (χ1n) is 52.6. The van der Waals surface area contributed by atoms with Gasteiger partial charge in [0, 0.05) is 32.0 Å². The van der Waals surface area contributed by atoms with Gasteiger partial charge in [-0.05, 0) is 326 Å². The molecule has 7 aromatic carbocycles. The van der Waals surface area contributed by atoms with E-state index < -0.39 is 0 Å². The van der Waals surface area contributed by atoms with Crippen molar-refractivity contribution in [3.8, 4) is 0 Å². The van der Waals surface area contributed by atoms with Crippen LogP contribution in [0.2, 0.25) is 0 Å². The molecule has 16 rings (SSSR count). The maximum atomic E-state index is 11.7. The number of aryl methyl sites for hydroxylation is 7. The Morgan fingerprint density at radius 2 is 0.623 bits per heavy atom. The van der Waals surface area contributed by atoms with Crippen LogP contribution in [0, 0.1) is 54.4 Å². The Morgan fingerprint density at radius 3 is 0.908 bits per heavy atom. The van der Waals surface area contributed by atoms with Gasteiger partial charge < -0.3 is 42.1 Å². The third kappa shape index (κ3) is 32.0. The van der Waals surface area contributed by atoms with E-state index in [4.69, 9.17) is 5.73 Å². The number of nitrogens with one attached hydrogen (secondary N) is 5. The zero-order valence-corrected chi connectivity index (χ0v) is 84.3. The molecule has 9 fully saturated rings. The minimum Gasteiger partial charge on any atom is -0.369 e. The van der Waals surface area contributed by atoms with E-state index in [0.717, 1.165) is 51.2 Å². The van der Waals surface area contributed by atoms with Crippen molar-refractivity contribution in [2.45, 2.75) is 383 Å². The fourth-order valence-corrected chi connectivity index (χ4v) is 24.0. The van der Waals surface area contributed by atoms with Crippen molar-refractivity contribution in [1.29, 1.82) is 0 Å². The van der Waals surface area contributed by atoms with Crippen LogP contribution in [-0.4, -0.2) is 120 Å². The number of primary amides is 1. The van der Waals surface area contributed by atoms with E-state index in [-0.39, 0.29) is 29.7 Å². The second kappa shape index (κ2) is 53.2. The highest BCUT2D eigenvalue weighted by molar-refractivity contribution is 5.78. The molecule has 9 aliphatic rings. The van der Waals surface area contributed by atoms with E-state index in [9.17, 15) is 14.4 Å². The van der Waals surface area contributed by atoms with Crippen LogP contribution in [-0.2, 0) is 52.3 Å². The van der Waals surface area contributed by atoms with E-state index in [1.165, 1.54) is 326 Å². The Balaban J connectivity index is 0.000000158. The van der Waals surface area contributed by atoms with Gasteiger partial charge in [-0.15, -0.1) is 0 Å². The molecule has 1 aliphatic heterocycles. The molecule has 0 aromatic heterocycles.